The molecule has 1 aromatic carbocycles. The lowest BCUT2D eigenvalue weighted by Gasteiger charge is -2.33. The molecule has 1 aliphatic rings. The summed E-state index contributed by atoms with van der Waals surface area (Å²) < 4.78 is 12.3. The van der Waals surface area contributed by atoms with Crippen LogP contribution in [0.5, 0.6) is 0 Å². The number of fused-ring (bicyclic) bond motifs is 1. The fourth-order valence-electron chi connectivity index (χ4n) is 3.86. The van der Waals surface area contributed by atoms with Crippen molar-refractivity contribution in [3.63, 3.8) is 0 Å². The van der Waals surface area contributed by atoms with E-state index in [-0.39, 0.29) is 12.1 Å². The lowest BCUT2D eigenvalue weighted by Crippen LogP contribution is -2.42. The van der Waals surface area contributed by atoms with E-state index in [0.29, 0.717) is 24.6 Å². The first-order valence-corrected chi connectivity index (χ1v) is 10.3. The van der Waals surface area contributed by atoms with E-state index in [1.54, 1.807) is 11.0 Å². The van der Waals surface area contributed by atoms with Crippen LogP contribution < -0.4 is 0 Å². The molecule has 0 atom stereocenters. The number of carbonyl (C=O) groups excluding carboxylic acids is 2. The molecule has 2 aromatic rings. The van der Waals surface area contributed by atoms with E-state index in [2.05, 4.69) is 0 Å². The third-order valence-electron chi connectivity index (χ3n) is 5.32. The second-order valence-electron chi connectivity index (χ2n) is 8.63. The maximum atomic E-state index is 12.2. The van der Waals surface area contributed by atoms with Gasteiger partial charge in [0.05, 0.1) is 18.2 Å². The predicted octanol–water partition coefficient (Wildman–Crippen LogP) is 4.03. The van der Waals surface area contributed by atoms with Crippen LogP contribution in [-0.2, 0) is 22.4 Å². The van der Waals surface area contributed by atoms with Crippen molar-refractivity contribution < 1.29 is 19.1 Å². The molecule has 7 heteroatoms. The number of hydrogen-bond donors (Lipinski definition) is 0. The molecule has 0 bridgehead atoms. The first kappa shape index (κ1) is 21.1. The zero-order chi connectivity index (χ0) is 21.2. The largest absolute Gasteiger partial charge is 0.465 e. The molecule has 7 nitrogen and oxygen atoms in total. The number of rotatable bonds is 4. The van der Waals surface area contributed by atoms with Gasteiger partial charge in [0.1, 0.15) is 5.60 Å². The molecule has 2 heterocycles. The van der Waals surface area contributed by atoms with Gasteiger partial charge in [-0.15, -0.1) is 0 Å². The van der Waals surface area contributed by atoms with Crippen LogP contribution in [0, 0.1) is 5.92 Å². The Labute approximate surface area is 171 Å². The summed E-state index contributed by atoms with van der Waals surface area (Å²) in [5.41, 5.74) is 2.00. The molecule has 1 saturated heterocycles. The summed E-state index contributed by atoms with van der Waals surface area (Å²) in [5, 5.41) is 5.71. The normalized spacial score (nSPS) is 15.6. The number of piperidine rings is 1. The Kier molecular flexibility index (Phi) is 6.15. The van der Waals surface area contributed by atoms with E-state index in [9.17, 15) is 9.59 Å². The van der Waals surface area contributed by atoms with Crippen LogP contribution in [-0.4, -0.2) is 52.5 Å². The van der Waals surface area contributed by atoms with E-state index in [1.165, 1.54) is 7.11 Å². The molecular weight excluding hydrogens is 370 g/mol. The number of carbonyl (C=O) groups is 2. The number of amides is 1. The summed E-state index contributed by atoms with van der Waals surface area (Å²) in [5.74, 6) is 0.138. The molecule has 0 saturated carbocycles. The molecule has 3 rings (SSSR count). The number of ether oxygens (including phenoxy) is 2. The summed E-state index contributed by atoms with van der Waals surface area (Å²) in [6.45, 7) is 9.89. The van der Waals surface area contributed by atoms with Gasteiger partial charge in [-0.2, -0.15) is 5.10 Å². The number of aryl methyl sites for hydroxylation is 1. The Morgan fingerprint density at radius 3 is 2.48 bits per heavy atom. The highest BCUT2D eigenvalue weighted by atomic mass is 16.6. The summed E-state index contributed by atoms with van der Waals surface area (Å²) in [7, 11) is 1.40. The number of benzene rings is 1. The Morgan fingerprint density at radius 2 is 1.90 bits per heavy atom. The molecule has 0 radical (unpaired) electrons. The third-order valence-corrected chi connectivity index (χ3v) is 5.32. The average Bonchev–Trinajstić information content (AvgIpc) is 3.08. The van der Waals surface area contributed by atoms with Gasteiger partial charge in [0.2, 0.25) is 0 Å². The van der Waals surface area contributed by atoms with Crippen LogP contribution in [0.4, 0.5) is 4.79 Å². The van der Waals surface area contributed by atoms with E-state index in [4.69, 9.17) is 14.6 Å². The summed E-state index contributed by atoms with van der Waals surface area (Å²) in [6.07, 6.45) is 4.37. The summed E-state index contributed by atoms with van der Waals surface area (Å²) in [6, 6.07) is 3.67. The first-order valence-electron chi connectivity index (χ1n) is 10.3. The van der Waals surface area contributed by atoms with Crippen molar-refractivity contribution in [3.8, 4) is 0 Å². The lowest BCUT2D eigenvalue weighted by atomic mass is 9.97. The SMILES string of the molecule is CCc1c(C(=O)OC)ccc2nn(CC3CCN(C(=O)OC(C)(C)C)CC3)cc12. The molecule has 1 amide bonds. The average molecular weight is 402 g/mol. The Morgan fingerprint density at radius 1 is 1.21 bits per heavy atom. The van der Waals surface area contributed by atoms with Crippen LogP contribution in [0.25, 0.3) is 10.9 Å². The summed E-state index contributed by atoms with van der Waals surface area (Å²) in [4.78, 5) is 26.1. The highest BCUT2D eigenvalue weighted by Gasteiger charge is 2.27. The van der Waals surface area contributed by atoms with Gasteiger partial charge in [-0.05, 0) is 63.6 Å². The van der Waals surface area contributed by atoms with Gasteiger partial charge in [0, 0.05) is 31.2 Å². The molecule has 1 fully saturated rings. The molecule has 1 aliphatic heterocycles. The number of likely N-dealkylation sites (tertiary alicyclic amines) is 1. The van der Waals surface area contributed by atoms with Crippen molar-refractivity contribution in [2.24, 2.45) is 5.92 Å². The molecular formula is C22H31N3O4. The Balaban J connectivity index is 1.67. The van der Waals surface area contributed by atoms with Gasteiger partial charge in [-0.25, -0.2) is 9.59 Å². The van der Waals surface area contributed by atoms with Gasteiger partial charge < -0.3 is 14.4 Å². The standard InChI is InChI=1S/C22H31N3O4/c1-6-16-17(20(26)28-5)7-8-19-18(16)14-25(23-19)13-15-9-11-24(12-10-15)21(27)29-22(2,3)4/h7-8,14-15H,6,9-13H2,1-5H3. The quantitative estimate of drug-likeness (QED) is 0.723. The maximum absolute atomic E-state index is 12.2. The minimum Gasteiger partial charge on any atom is -0.465 e. The molecule has 1 aromatic heterocycles. The Hall–Kier alpha value is -2.57. The van der Waals surface area contributed by atoms with Crippen molar-refractivity contribution in [2.45, 2.75) is 59.1 Å². The zero-order valence-electron chi connectivity index (χ0n) is 18.0. The monoisotopic (exact) mass is 401 g/mol. The van der Waals surface area contributed by atoms with Crippen LogP contribution >= 0.6 is 0 Å². The highest BCUT2D eigenvalue weighted by molar-refractivity contribution is 5.97. The van der Waals surface area contributed by atoms with Crippen LogP contribution in [0.3, 0.4) is 0 Å². The van der Waals surface area contributed by atoms with Crippen LogP contribution in [0.2, 0.25) is 0 Å². The van der Waals surface area contributed by atoms with Crippen molar-refractivity contribution >= 4 is 23.0 Å². The van der Waals surface area contributed by atoms with Gasteiger partial charge in [0.15, 0.2) is 0 Å². The third kappa shape index (κ3) is 4.89. The molecule has 0 spiro atoms. The number of aromatic nitrogens is 2. The number of nitrogens with zero attached hydrogens (tertiary/aromatic N) is 3. The smallest absolute Gasteiger partial charge is 0.410 e. The fourth-order valence-corrected chi connectivity index (χ4v) is 3.86. The highest BCUT2D eigenvalue weighted by Crippen LogP contribution is 2.25. The molecule has 29 heavy (non-hydrogen) atoms. The lowest BCUT2D eigenvalue weighted by molar-refractivity contribution is 0.0177. The molecule has 0 unspecified atom stereocenters. The maximum Gasteiger partial charge on any atom is 0.410 e. The minimum absolute atomic E-state index is 0.233. The van der Waals surface area contributed by atoms with Crippen molar-refractivity contribution in [1.82, 2.24) is 14.7 Å². The van der Waals surface area contributed by atoms with E-state index in [1.807, 2.05) is 44.6 Å². The van der Waals surface area contributed by atoms with Gasteiger partial charge >= 0.3 is 12.1 Å². The van der Waals surface area contributed by atoms with E-state index < -0.39 is 5.60 Å². The topological polar surface area (TPSA) is 73.7 Å². The second-order valence-corrected chi connectivity index (χ2v) is 8.63. The van der Waals surface area contributed by atoms with Crippen molar-refractivity contribution in [3.05, 3.63) is 29.5 Å². The van der Waals surface area contributed by atoms with Gasteiger partial charge in [0.25, 0.3) is 0 Å². The molecule has 0 N–H and O–H groups in total. The van der Waals surface area contributed by atoms with Crippen LogP contribution in [0.1, 0.15) is 56.5 Å². The molecule has 0 aliphatic carbocycles. The van der Waals surface area contributed by atoms with Crippen molar-refractivity contribution in [2.75, 3.05) is 20.2 Å². The number of hydrogen-bond acceptors (Lipinski definition) is 5. The fraction of sp³-hybridized carbons (Fsp3) is 0.591. The van der Waals surface area contributed by atoms with Crippen LogP contribution in [0.15, 0.2) is 18.3 Å². The van der Waals surface area contributed by atoms with E-state index >= 15 is 0 Å². The second kappa shape index (κ2) is 8.43. The van der Waals surface area contributed by atoms with Gasteiger partial charge in [-0.3, -0.25) is 4.68 Å². The number of esters is 1. The zero-order valence-corrected chi connectivity index (χ0v) is 18.0. The summed E-state index contributed by atoms with van der Waals surface area (Å²) >= 11 is 0. The minimum atomic E-state index is -0.469. The van der Waals surface area contributed by atoms with E-state index in [0.717, 1.165) is 42.3 Å². The predicted molar refractivity (Wildman–Crippen MR) is 111 cm³/mol. The Bertz CT molecular complexity index is 889. The van der Waals surface area contributed by atoms with Crippen molar-refractivity contribution in [1.29, 1.82) is 0 Å². The first-order chi connectivity index (χ1) is 13.7. The van der Waals surface area contributed by atoms with Gasteiger partial charge in [-0.1, -0.05) is 6.92 Å². The molecule has 158 valence electrons. The number of methoxy groups -OCH3 is 1.